The summed E-state index contributed by atoms with van der Waals surface area (Å²) in [4.78, 5) is 12.2. The number of hydrogen-bond donors (Lipinski definition) is 2. The minimum Gasteiger partial charge on any atom is -0.356 e. The fraction of sp³-hybridized carbons (Fsp3) is 0.522. The average Bonchev–Trinajstić information content (AvgIpc) is 3.17. The summed E-state index contributed by atoms with van der Waals surface area (Å²) in [5.74, 6) is 0.894. The molecule has 6 heteroatoms. The second kappa shape index (κ2) is 12.0. The molecule has 1 aliphatic heterocycles. The van der Waals surface area contributed by atoms with Gasteiger partial charge in [0.25, 0.3) is 0 Å². The van der Waals surface area contributed by atoms with Crippen LogP contribution in [0.3, 0.4) is 0 Å². The van der Waals surface area contributed by atoms with Crippen LogP contribution in [0.25, 0.3) is 0 Å². The number of aryl methyl sites for hydroxylation is 1. The Morgan fingerprint density at radius 1 is 0.966 bits per heavy atom. The molecule has 0 saturated carbocycles. The van der Waals surface area contributed by atoms with Crippen LogP contribution in [0.1, 0.15) is 28.2 Å². The van der Waals surface area contributed by atoms with E-state index < -0.39 is 0 Å². The molecule has 3 rings (SSSR count). The summed E-state index contributed by atoms with van der Waals surface area (Å²) in [7, 11) is 1.84. The lowest BCUT2D eigenvalue weighted by atomic mass is 10.2. The van der Waals surface area contributed by atoms with E-state index in [2.05, 4.69) is 74.8 Å². The largest absolute Gasteiger partial charge is 0.356 e. The maximum atomic E-state index is 4.32. The van der Waals surface area contributed by atoms with Gasteiger partial charge in [0, 0.05) is 56.1 Å². The van der Waals surface area contributed by atoms with Crippen molar-refractivity contribution in [2.45, 2.75) is 32.9 Å². The topological polar surface area (TPSA) is 42.9 Å². The molecule has 2 N–H and O–H groups in total. The smallest absolute Gasteiger partial charge is 0.191 e. The van der Waals surface area contributed by atoms with Crippen molar-refractivity contribution < 1.29 is 0 Å². The first kappa shape index (κ1) is 21.8. The van der Waals surface area contributed by atoms with Crippen LogP contribution in [0.5, 0.6) is 0 Å². The summed E-state index contributed by atoms with van der Waals surface area (Å²) in [5.41, 5.74) is 1.42. The van der Waals surface area contributed by atoms with E-state index >= 15 is 0 Å². The van der Waals surface area contributed by atoms with Crippen LogP contribution in [0.4, 0.5) is 0 Å². The number of aliphatic imine (C=N–C) groups is 1. The molecule has 29 heavy (non-hydrogen) atoms. The fourth-order valence-electron chi connectivity index (χ4n) is 3.65. The highest BCUT2D eigenvalue weighted by atomic mass is 32.1. The van der Waals surface area contributed by atoms with Crippen LogP contribution in [-0.4, -0.2) is 62.1 Å². The van der Waals surface area contributed by atoms with Crippen LogP contribution in [0, 0.1) is 6.92 Å². The Hall–Kier alpha value is -1.89. The highest BCUT2D eigenvalue weighted by molar-refractivity contribution is 7.11. The van der Waals surface area contributed by atoms with Crippen molar-refractivity contribution in [1.82, 2.24) is 20.4 Å². The molecule has 0 radical (unpaired) electrons. The standard InChI is InChI=1S/C23H35N5S/c1-20-10-11-22(29-20)18-26-23(24-2)25-12-6-7-13-27-14-16-28(17-15-27)19-21-8-4-3-5-9-21/h3-5,8-11H,6-7,12-19H2,1-2H3,(H2,24,25,26). The molecule has 1 fully saturated rings. The number of benzene rings is 1. The summed E-state index contributed by atoms with van der Waals surface area (Å²) in [6, 6.07) is 15.2. The van der Waals surface area contributed by atoms with Gasteiger partial charge in [-0.3, -0.25) is 9.89 Å². The number of hydrogen-bond acceptors (Lipinski definition) is 4. The highest BCUT2D eigenvalue weighted by Crippen LogP contribution is 2.14. The zero-order valence-electron chi connectivity index (χ0n) is 17.9. The van der Waals surface area contributed by atoms with Gasteiger partial charge in [-0.25, -0.2) is 0 Å². The van der Waals surface area contributed by atoms with Gasteiger partial charge in [-0.1, -0.05) is 30.3 Å². The van der Waals surface area contributed by atoms with E-state index in [1.807, 2.05) is 18.4 Å². The molecular formula is C23H35N5S. The number of rotatable bonds is 9. The summed E-state index contributed by atoms with van der Waals surface area (Å²) in [5, 5.41) is 6.83. The molecule has 1 aliphatic rings. The molecule has 0 spiro atoms. The number of nitrogens with zero attached hydrogens (tertiary/aromatic N) is 3. The van der Waals surface area contributed by atoms with Gasteiger partial charge in [-0.15, -0.1) is 11.3 Å². The lowest BCUT2D eigenvalue weighted by molar-refractivity contribution is 0.126. The van der Waals surface area contributed by atoms with Gasteiger partial charge in [-0.2, -0.15) is 0 Å². The first-order valence-electron chi connectivity index (χ1n) is 10.7. The van der Waals surface area contributed by atoms with Crippen molar-refractivity contribution in [3.05, 3.63) is 57.8 Å². The van der Waals surface area contributed by atoms with Gasteiger partial charge in [0.15, 0.2) is 5.96 Å². The first-order chi connectivity index (χ1) is 14.2. The molecule has 158 valence electrons. The Balaban J connectivity index is 1.23. The van der Waals surface area contributed by atoms with E-state index in [0.717, 1.165) is 25.6 Å². The van der Waals surface area contributed by atoms with E-state index in [-0.39, 0.29) is 0 Å². The van der Waals surface area contributed by atoms with E-state index in [0.29, 0.717) is 0 Å². The van der Waals surface area contributed by atoms with Crippen molar-refractivity contribution in [3.63, 3.8) is 0 Å². The quantitative estimate of drug-likeness (QED) is 0.376. The predicted molar refractivity (Wildman–Crippen MR) is 125 cm³/mol. The molecule has 0 amide bonds. The normalized spacial score (nSPS) is 16.1. The Bertz CT molecular complexity index is 735. The van der Waals surface area contributed by atoms with Gasteiger partial charge in [-0.05, 0) is 44.0 Å². The molecule has 2 heterocycles. The van der Waals surface area contributed by atoms with Crippen molar-refractivity contribution in [3.8, 4) is 0 Å². The molecule has 1 aromatic heterocycles. The molecule has 1 saturated heterocycles. The number of unbranched alkanes of at least 4 members (excludes halogenated alkanes) is 1. The maximum Gasteiger partial charge on any atom is 0.191 e. The van der Waals surface area contributed by atoms with Gasteiger partial charge >= 0.3 is 0 Å². The number of guanidine groups is 1. The van der Waals surface area contributed by atoms with Crippen LogP contribution in [0.2, 0.25) is 0 Å². The monoisotopic (exact) mass is 413 g/mol. The number of piperazine rings is 1. The van der Waals surface area contributed by atoms with Gasteiger partial charge < -0.3 is 15.5 Å². The van der Waals surface area contributed by atoms with Crippen LogP contribution in [-0.2, 0) is 13.1 Å². The van der Waals surface area contributed by atoms with E-state index in [1.54, 1.807) is 0 Å². The minimum absolute atomic E-state index is 0.839. The zero-order chi connectivity index (χ0) is 20.3. The van der Waals surface area contributed by atoms with E-state index in [9.17, 15) is 0 Å². The molecule has 1 aromatic carbocycles. The molecule has 0 unspecified atom stereocenters. The van der Waals surface area contributed by atoms with Crippen molar-refractivity contribution in [2.75, 3.05) is 46.3 Å². The predicted octanol–water partition coefficient (Wildman–Crippen LogP) is 3.32. The van der Waals surface area contributed by atoms with Crippen molar-refractivity contribution in [1.29, 1.82) is 0 Å². The molecular weight excluding hydrogens is 378 g/mol. The molecule has 0 atom stereocenters. The van der Waals surface area contributed by atoms with Crippen molar-refractivity contribution in [2.24, 2.45) is 4.99 Å². The summed E-state index contributed by atoms with van der Waals surface area (Å²) in [6.45, 7) is 10.9. The third-order valence-corrected chi connectivity index (χ3v) is 6.36. The summed E-state index contributed by atoms with van der Waals surface area (Å²) < 4.78 is 0. The number of thiophene rings is 1. The zero-order valence-corrected chi connectivity index (χ0v) is 18.7. The molecule has 0 aliphatic carbocycles. The Morgan fingerprint density at radius 2 is 1.72 bits per heavy atom. The van der Waals surface area contributed by atoms with Crippen LogP contribution >= 0.6 is 11.3 Å². The fourth-order valence-corrected chi connectivity index (χ4v) is 4.48. The average molecular weight is 414 g/mol. The highest BCUT2D eigenvalue weighted by Gasteiger charge is 2.16. The molecule has 5 nitrogen and oxygen atoms in total. The van der Waals surface area contributed by atoms with Gasteiger partial charge in [0.1, 0.15) is 0 Å². The van der Waals surface area contributed by atoms with Crippen molar-refractivity contribution >= 4 is 17.3 Å². The lowest BCUT2D eigenvalue weighted by Gasteiger charge is -2.34. The third kappa shape index (κ3) is 7.80. The Morgan fingerprint density at radius 3 is 2.41 bits per heavy atom. The molecule has 0 bridgehead atoms. The maximum absolute atomic E-state index is 4.32. The summed E-state index contributed by atoms with van der Waals surface area (Å²) >= 11 is 1.83. The van der Waals surface area contributed by atoms with Crippen LogP contribution in [0.15, 0.2) is 47.5 Å². The van der Waals surface area contributed by atoms with Gasteiger partial charge in [0.2, 0.25) is 0 Å². The lowest BCUT2D eigenvalue weighted by Crippen LogP contribution is -2.46. The minimum atomic E-state index is 0.839. The van der Waals surface area contributed by atoms with E-state index in [4.69, 9.17) is 0 Å². The Kier molecular flexibility index (Phi) is 8.99. The SMILES string of the molecule is CN=C(NCCCCN1CCN(Cc2ccccc2)CC1)NCc1ccc(C)s1. The van der Waals surface area contributed by atoms with Gasteiger partial charge in [0.05, 0.1) is 6.54 Å². The second-order valence-electron chi connectivity index (χ2n) is 7.68. The van der Waals surface area contributed by atoms with E-state index in [1.165, 1.54) is 60.9 Å². The number of nitrogens with one attached hydrogen (secondary N) is 2. The Labute approximate surface area is 179 Å². The van der Waals surface area contributed by atoms with Crippen LogP contribution < -0.4 is 10.6 Å². The third-order valence-electron chi connectivity index (χ3n) is 5.36. The molecule has 2 aromatic rings. The summed E-state index contributed by atoms with van der Waals surface area (Å²) in [6.07, 6.45) is 2.40. The first-order valence-corrected chi connectivity index (χ1v) is 11.5. The second-order valence-corrected chi connectivity index (χ2v) is 9.05.